The largest absolute Gasteiger partial charge is 0.465 e. The Bertz CT molecular complexity index is 1460. The lowest BCUT2D eigenvalue weighted by molar-refractivity contribution is -0.147. The molecule has 0 aliphatic carbocycles. The fourth-order valence-electron chi connectivity index (χ4n) is 4.94. The number of aliphatic hydroxyl groups excluding tert-OH is 2. The highest BCUT2D eigenvalue weighted by molar-refractivity contribution is 7.51. The molecule has 2 saturated heterocycles. The molecule has 2 aromatic heterocycles. The van der Waals surface area contributed by atoms with Crippen LogP contribution in [0.1, 0.15) is 31.6 Å². The highest BCUT2D eigenvalue weighted by atomic mass is 31.2. The first kappa shape index (κ1) is 28.0. The van der Waals surface area contributed by atoms with E-state index in [0.29, 0.717) is 24.1 Å². The van der Waals surface area contributed by atoms with Gasteiger partial charge >= 0.3 is 13.7 Å². The third-order valence-electron chi connectivity index (χ3n) is 6.94. The van der Waals surface area contributed by atoms with Crippen molar-refractivity contribution in [1.82, 2.24) is 19.3 Å². The first-order chi connectivity index (χ1) is 19.2. The molecule has 5 rings (SSSR count). The van der Waals surface area contributed by atoms with Crippen LogP contribution in [-0.4, -0.2) is 79.1 Å². The Kier molecular flexibility index (Phi) is 7.78. The number of fused-ring (bicyclic) bond motifs is 1. The van der Waals surface area contributed by atoms with Gasteiger partial charge in [-0.15, -0.1) is 0 Å². The van der Waals surface area contributed by atoms with E-state index in [4.69, 9.17) is 24.3 Å². The average Bonchev–Trinajstić information content (AvgIpc) is 3.67. The van der Waals surface area contributed by atoms with E-state index in [1.54, 1.807) is 49.4 Å². The zero-order valence-corrected chi connectivity index (χ0v) is 22.5. The topological polar surface area (TPSA) is 195 Å². The maximum absolute atomic E-state index is 14.4. The second-order valence-electron chi connectivity index (χ2n) is 9.40. The molecule has 4 heterocycles. The Balaban J connectivity index is 1.44. The molecule has 3 aromatic rings. The van der Waals surface area contributed by atoms with E-state index in [2.05, 4.69) is 10.1 Å². The van der Waals surface area contributed by atoms with E-state index in [-0.39, 0.29) is 24.7 Å². The molecular formula is C25H29N6O8P. The van der Waals surface area contributed by atoms with Crippen molar-refractivity contribution in [2.24, 2.45) is 0 Å². The lowest BCUT2D eigenvalue weighted by atomic mass is 9.96. The van der Waals surface area contributed by atoms with E-state index >= 15 is 0 Å². The van der Waals surface area contributed by atoms with E-state index in [0.717, 1.165) is 0 Å². The quantitative estimate of drug-likeness (QED) is 0.247. The molecule has 1 unspecified atom stereocenters. The summed E-state index contributed by atoms with van der Waals surface area (Å²) < 4.78 is 39.8. The summed E-state index contributed by atoms with van der Waals surface area (Å²) in [6.07, 6.45) is -2.46. The molecule has 1 aromatic carbocycles. The maximum atomic E-state index is 14.4. The summed E-state index contributed by atoms with van der Waals surface area (Å²) in [6.45, 7) is 1.24. The number of esters is 1. The van der Waals surface area contributed by atoms with Crippen LogP contribution in [0.2, 0.25) is 0 Å². The number of hydrogen-bond acceptors (Lipinski definition) is 12. The predicted molar refractivity (Wildman–Crippen MR) is 139 cm³/mol. The number of carbonyl (C=O) groups is 1. The van der Waals surface area contributed by atoms with Crippen molar-refractivity contribution in [1.29, 1.82) is 5.26 Å². The summed E-state index contributed by atoms with van der Waals surface area (Å²) in [7, 11) is -4.34. The van der Waals surface area contributed by atoms with Gasteiger partial charge in [0.25, 0.3) is 0 Å². The summed E-state index contributed by atoms with van der Waals surface area (Å²) in [5.74, 6) is -0.191. The number of anilines is 1. The summed E-state index contributed by atoms with van der Waals surface area (Å²) in [5.41, 5.74) is 4.49. The van der Waals surface area contributed by atoms with Crippen LogP contribution in [0.3, 0.4) is 0 Å². The number of para-hydroxylation sites is 1. The minimum absolute atomic E-state index is 0.135. The van der Waals surface area contributed by atoms with Crippen molar-refractivity contribution in [3.8, 4) is 11.8 Å². The third kappa shape index (κ3) is 4.92. The summed E-state index contributed by atoms with van der Waals surface area (Å²) in [6, 6.07) is 12.4. The van der Waals surface area contributed by atoms with Gasteiger partial charge in [-0.05, 0) is 44.0 Å². The summed E-state index contributed by atoms with van der Waals surface area (Å²) in [5, 5.41) is 36.2. The average molecular weight is 573 g/mol. The fourth-order valence-corrected chi connectivity index (χ4v) is 6.93. The van der Waals surface area contributed by atoms with Crippen LogP contribution in [0.5, 0.6) is 5.75 Å². The van der Waals surface area contributed by atoms with Crippen molar-refractivity contribution in [3.05, 3.63) is 54.5 Å². The molecule has 0 radical (unpaired) electrons. The van der Waals surface area contributed by atoms with Gasteiger partial charge in [0.2, 0.25) is 5.60 Å². The molecule has 4 N–H and O–H groups in total. The molecule has 0 bridgehead atoms. The number of aromatic nitrogens is 3. The normalized spacial score (nSPS) is 28.2. The molecule has 0 spiro atoms. The zero-order chi connectivity index (χ0) is 28.5. The molecular weight excluding hydrogens is 543 g/mol. The van der Waals surface area contributed by atoms with E-state index in [9.17, 15) is 24.8 Å². The van der Waals surface area contributed by atoms with Crippen LogP contribution >= 0.6 is 7.75 Å². The molecule has 0 amide bonds. The highest BCUT2D eigenvalue weighted by Gasteiger charge is 2.58. The van der Waals surface area contributed by atoms with E-state index < -0.39 is 50.3 Å². The number of benzene rings is 1. The molecule has 2 aliphatic rings. The molecule has 14 nitrogen and oxygen atoms in total. The molecule has 212 valence electrons. The number of nitrogen functional groups attached to an aromatic ring is 1. The van der Waals surface area contributed by atoms with Crippen LogP contribution in [0.4, 0.5) is 5.82 Å². The van der Waals surface area contributed by atoms with Gasteiger partial charge in [-0.2, -0.15) is 15.0 Å². The SMILES string of the molecule is CCOC(=O)[C@H]1CCCN1P(=O)(OC[C@@]1(C#N)O[C@@H](c2ccc3c(N)ncnn23)[C@H](O)[C@@H]1O)Oc1ccccc1. The van der Waals surface area contributed by atoms with Gasteiger partial charge in [-0.3, -0.25) is 9.32 Å². The minimum Gasteiger partial charge on any atom is -0.465 e. The molecule has 40 heavy (non-hydrogen) atoms. The van der Waals surface area contributed by atoms with Crippen molar-refractivity contribution < 1.29 is 38.1 Å². The zero-order valence-electron chi connectivity index (χ0n) is 21.6. The lowest BCUT2D eigenvalue weighted by Gasteiger charge is -2.32. The standard InChI is InChI=1S/C25H29N6O8P/c1-2-36-24(34)19-9-6-12-30(19)40(35,39-16-7-4-3-5-8-16)37-14-25(13-26)22(33)20(32)21(38-25)17-10-11-18-23(27)28-15-29-31(17)18/h3-5,7-8,10-11,15,19-22,32-33H,2,6,9,12,14H2,1H3,(H2,27,28,29)/t19-,20+,21+,22+,25-,40?/m1/s1. The van der Waals surface area contributed by atoms with Crippen molar-refractivity contribution in [2.45, 2.75) is 49.7 Å². The Labute approximate surface area is 229 Å². The number of nitriles is 1. The molecule has 0 saturated carbocycles. The second-order valence-corrected chi connectivity index (χ2v) is 11.3. The van der Waals surface area contributed by atoms with Gasteiger partial charge in [-0.1, -0.05) is 18.2 Å². The number of aliphatic hydroxyl groups is 2. The van der Waals surface area contributed by atoms with Gasteiger partial charge in [0, 0.05) is 6.54 Å². The third-order valence-corrected chi connectivity index (χ3v) is 8.95. The Hall–Kier alpha value is -3.57. The lowest BCUT2D eigenvalue weighted by Crippen LogP contribution is -2.46. The monoisotopic (exact) mass is 572 g/mol. The number of nitrogens with zero attached hydrogens (tertiary/aromatic N) is 5. The van der Waals surface area contributed by atoms with Crippen LogP contribution < -0.4 is 10.3 Å². The van der Waals surface area contributed by atoms with Gasteiger partial charge in [0.1, 0.15) is 54.6 Å². The van der Waals surface area contributed by atoms with Crippen molar-refractivity contribution >= 4 is 25.1 Å². The Morgan fingerprint density at radius 2 is 2.08 bits per heavy atom. The van der Waals surface area contributed by atoms with Crippen molar-refractivity contribution in [2.75, 3.05) is 25.5 Å². The first-order valence-electron chi connectivity index (χ1n) is 12.7. The number of carbonyl (C=O) groups excluding carboxylic acids is 1. The molecule has 6 atom stereocenters. The predicted octanol–water partition coefficient (Wildman–Crippen LogP) is 1.60. The van der Waals surface area contributed by atoms with Crippen LogP contribution in [0.15, 0.2) is 48.8 Å². The number of rotatable bonds is 9. The van der Waals surface area contributed by atoms with Crippen LogP contribution in [0, 0.1) is 11.3 Å². The number of ether oxygens (including phenoxy) is 2. The number of nitrogens with two attached hydrogens (primary N) is 1. The Morgan fingerprint density at radius 3 is 2.80 bits per heavy atom. The van der Waals surface area contributed by atoms with Crippen molar-refractivity contribution in [3.63, 3.8) is 0 Å². The highest BCUT2D eigenvalue weighted by Crippen LogP contribution is 2.56. The minimum atomic E-state index is -4.34. The fraction of sp³-hybridized carbons (Fsp3) is 0.440. The summed E-state index contributed by atoms with van der Waals surface area (Å²) in [4.78, 5) is 16.6. The molecule has 15 heteroatoms. The van der Waals surface area contributed by atoms with E-state index in [1.165, 1.54) is 15.5 Å². The van der Waals surface area contributed by atoms with Crippen LogP contribution in [0.25, 0.3) is 5.52 Å². The maximum Gasteiger partial charge on any atom is 0.462 e. The van der Waals surface area contributed by atoms with Gasteiger partial charge in [0.15, 0.2) is 5.82 Å². The Morgan fingerprint density at radius 1 is 1.30 bits per heavy atom. The van der Waals surface area contributed by atoms with Gasteiger partial charge in [-0.25, -0.2) is 14.1 Å². The smallest absolute Gasteiger partial charge is 0.462 e. The van der Waals surface area contributed by atoms with Gasteiger partial charge < -0.3 is 29.9 Å². The van der Waals surface area contributed by atoms with Gasteiger partial charge in [0.05, 0.1) is 12.3 Å². The number of hydrogen-bond donors (Lipinski definition) is 3. The van der Waals surface area contributed by atoms with Crippen LogP contribution in [-0.2, 0) is 23.4 Å². The molecule has 2 aliphatic heterocycles. The van der Waals surface area contributed by atoms with E-state index in [1.807, 2.05) is 6.07 Å². The first-order valence-corrected chi connectivity index (χ1v) is 14.2. The molecule has 2 fully saturated rings. The summed E-state index contributed by atoms with van der Waals surface area (Å²) >= 11 is 0. The second kappa shape index (κ2) is 11.1.